The lowest BCUT2D eigenvalue weighted by atomic mass is 10.2. The molecule has 0 saturated heterocycles. The molecule has 0 unspecified atom stereocenters. The third-order valence-corrected chi connectivity index (χ3v) is 1.56. The second-order valence-corrected chi connectivity index (χ2v) is 4.41. The highest BCUT2D eigenvalue weighted by Crippen LogP contribution is 2.15. The van der Waals surface area contributed by atoms with Crippen molar-refractivity contribution in [2.75, 3.05) is 0 Å². The van der Waals surface area contributed by atoms with Crippen LogP contribution in [0.15, 0.2) is 30.3 Å². The Morgan fingerprint density at radius 3 is 2.31 bits per heavy atom. The van der Waals surface area contributed by atoms with Gasteiger partial charge in [-0.1, -0.05) is 41.4 Å². The number of carbonyl (C=O) groups excluding carboxylic acids is 1. The van der Waals surface area contributed by atoms with E-state index >= 15 is 0 Å². The van der Waals surface area contributed by atoms with Crippen molar-refractivity contribution in [3.63, 3.8) is 0 Å². The summed E-state index contributed by atoms with van der Waals surface area (Å²) >= 11 is 11.2. The van der Waals surface area contributed by atoms with Crippen LogP contribution in [-0.4, -0.2) is 10.4 Å². The fourth-order valence-corrected chi connectivity index (χ4v) is 1.03. The summed E-state index contributed by atoms with van der Waals surface area (Å²) < 4.78 is -1.23. The maximum Gasteiger partial charge on any atom is 0.253 e. The lowest BCUT2D eigenvalue weighted by Gasteiger charge is -2.15. The maximum absolute atomic E-state index is 11.4. The van der Waals surface area contributed by atoms with Gasteiger partial charge in [-0.2, -0.15) is 0 Å². The first-order valence-electron chi connectivity index (χ1n) is 3.74. The van der Waals surface area contributed by atoms with Crippen LogP contribution in [-0.2, 0) is 0 Å². The second-order valence-electron chi connectivity index (χ2n) is 2.71. The summed E-state index contributed by atoms with van der Waals surface area (Å²) in [7, 11) is 0. The van der Waals surface area contributed by atoms with Gasteiger partial charge in [0, 0.05) is 5.56 Å². The summed E-state index contributed by atoms with van der Waals surface area (Å²) in [6.45, 7) is 1.50. The number of amides is 1. The summed E-state index contributed by atoms with van der Waals surface area (Å²) in [6, 6.07) is 8.75. The zero-order valence-corrected chi connectivity index (χ0v) is 8.56. The largest absolute Gasteiger partial charge is 0.321 e. The number of halogens is 2. The van der Waals surface area contributed by atoms with Crippen molar-refractivity contribution in [1.82, 2.24) is 5.32 Å². The van der Waals surface area contributed by atoms with E-state index < -0.39 is 4.46 Å². The molecule has 0 saturated carbocycles. The fourth-order valence-electron chi connectivity index (χ4n) is 0.861. The van der Waals surface area contributed by atoms with E-state index in [4.69, 9.17) is 23.2 Å². The Hall–Kier alpha value is -0.730. The van der Waals surface area contributed by atoms with E-state index in [1.807, 2.05) is 6.07 Å². The average Bonchev–Trinajstić information content (AvgIpc) is 2.03. The van der Waals surface area contributed by atoms with Gasteiger partial charge in [0.1, 0.15) is 0 Å². The standard InChI is InChI=1S/C9H9Cl2NO/c1-9(10,11)12-8(13)7-5-3-2-4-6-7/h2-6H,1H3,(H,12,13). The first kappa shape index (κ1) is 10.4. The molecular weight excluding hydrogens is 209 g/mol. The molecule has 1 aromatic rings. The molecule has 70 valence electrons. The van der Waals surface area contributed by atoms with E-state index in [0.29, 0.717) is 5.56 Å². The minimum atomic E-state index is -1.23. The SMILES string of the molecule is CC(Cl)(Cl)NC(=O)c1ccccc1. The number of carbonyl (C=O) groups is 1. The maximum atomic E-state index is 11.4. The minimum Gasteiger partial charge on any atom is -0.321 e. The number of hydrogen-bond donors (Lipinski definition) is 1. The molecule has 0 spiro atoms. The molecule has 0 aliphatic rings. The fraction of sp³-hybridized carbons (Fsp3) is 0.222. The molecule has 13 heavy (non-hydrogen) atoms. The van der Waals surface area contributed by atoms with Crippen LogP contribution in [0.5, 0.6) is 0 Å². The van der Waals surface area contributed by atoms with Gasteiger partial charge in [-0.3, -0.25) is 4.79 Å². The van der Waals surface area contributed by atoms with Crippen molar-refractivity contribution >= 4 is 29.1 Å². The number of rotatable bonds is 2. The van der Waals surface area contributed by atoms with E-state index in [1.165, 1.54) is 6.92 Å². The predicted octanol–water partition coefficient (Wildman–Crippen LogP) is 2.57. The van der Waals surface area contributed by atoms with Crippen LogP contribution in [0.25, 0.3) is 0 Å². The predicted molar refractivity (Wildman–Crippen MR) is 54.0 cm³/mol. The molecule has 0 fully saturated rings. The molecule has 0 aliphatic carbocycles. The van der Waals surface area contributed by atoms with E-state index in [1.54, 1.807) is 24.3 Å². The number of hydrogen-bond acceptors (Lipinski definition) is 1. The molecule has 2 nitrogen and oxygen atoms in total. The van der Waals surface area contributed by atoms with E-state index in [0.717, 1.165) is 0 Å². The van der Waals surface area contributed by atoms with Crippen LogP contribution in [0.1, 0.15) is 17.3 Å². The highest BCUT2D eigenvalue weighted by molar-refractivity contribution is 6.48. The van der Waals surface area contributed by atoms with Gasteiger partial charge in [0.15, 0.2) is 4.46 Å². The summed E-state index contributed by atoms with van der Waals surface area (Å²) in [5, 5.41) is 2.43. The Bertz CT molecular complexity index is 292. The summed E-state index contributed by atoms with van der Waals surface area (Å²) in [6.07, 6.45) is 0. The Morgan fingerprint density at radius 1 is 1.31 bits per heavy atom. The van der Waals surface area contributed by atoms with Crippen molar-refractivity contribution in [3.05, 3.63) is 35.9 Å². The molecule has 0 atom stereocenters. The Morgan fingerprint density at radius 2 is 1.85 bits per heavy atom. The third kappa shape index (κ3) is 3.66. The normalized spacial score (nSPS) is 11.0. The van der Waals surface area contributed by atoms with Gasteiger partial charge in [-0.05, 0) is 19.1 Å². The molecular formula is C9H9Cl2NO. The quantitative estimate of drug-likeness (QED) is 0.599. The topological polar surface area (TPSA) is 29.1 Å². The Balaban J connectivity index is 2.71. The molecule has 0 aliphatic heterocycles. The van der Waals surface area contributed by atoms with E-state index in [9.17, 15) is 4.79 Å². The van der Waals surface area contributed by atoms with Gasteiger partial charge in [0.25, 0.3) is 5.91 Å². The van der Waals surface area contributed by atoms with Gasteiger partial charge in [0.2, 0.25) is 0 Å². The molecule has 4 heteroatoms. The number of alkyl halides is 2. The van der Waals surface area contributed by atoms with Gasteiger partial charge >= 0.3 is 0 Å². The lowest BCUT2D eigenvalue weighted by molar-refractivity contribution is 0.0945. The average molecular weight is 218 g/mol. The van der Waals surface area contributed by atoms with Crippen LogP contribution in [0.2, 0.25) is 0 Å². The van der Waals surface area contributed by atoms with E-state index in [2.05, 4.69) is 5.32 Å². The summed E-state index contributed by atoms with van der Waals surface area (Å²) in [4.78, 5) is 11.4. The Kier molecular flexibility index (Phi) is 3.17. The van der Waals surface area contributed by atoms with Crippen LogP contribution in [0.4, 0.5) is 0 Å². The third-order valence-electron chi connectivity index (χ3n) is 1.37. The Labute approximate surface area is 86.8 Å². The highest BCUT2D eigenvalue weighted by atomic mass is 35.5. The number of benzene rings is 1. The molecule has 0 bridgehead atoms. The van der Waals surface area contributed by atoms with Gasteiger partial charge in [0.05, 0.1) is 0 Å². The van der Waals surface area contributed by atoms with Crippen molar-refractivity contribution in [2.45, 2.75) is 11.4 Å². The second kappa shape index (κ2) is 3.99. The zero-order chi connectivity index (χ0) is 9.90. The van der Waals surface area contributed by atoms with Crippen molar-refractivity contribution in [2.24, 2.45) is 0 Å². The monoisotopic (exact) mass is 217 g/mol. The van der Waals surface area contributed by atoms with Crippen molar-refractivity contribution in [1.29, 1.82) is 0 Å². The molecule has 1 N–H and O–H groups in total. The van der Waals surface area contributed by atoms with Gasteiger partial charge < -0.3 is 5.32 Å². The molecule has 0 aromatic heterocycles. The first-order chi connectivity index (χ1) is 5.99. The first-order valence-corrected chi connectivity index (χ1v) is 4.50. The van der Waals surface area contributed by atoms with Gasteiger partial charge in [-0.25, -0.2) is 0 Å². The van der Waals surface area contributed by atoms with E-state index in [-0.39, 0.29) is 5.91 Å². The number of nitrogens with one attached hydrogen (secondary N) is 1. The van der Waals surface area contributed by atoms with Crippen LogP contribution in [0.3, 0.4) is 0 Å². The highest BCUT2D eigenvalue weighted by Gasteiger charge is 2.19. The van der Waals surface area contributed by atoms with Crippen LogP contribution in [0, 0.1) is 0 Å². The molecule has 1 amide bonds. The van der Waals surface area contributed by atoms with Crippen LogP contribution >= 0.6 is 23.2 Å². The molecule has 1 aromatic carbocycles. The molecule has 0 heterocycles. The van der Waals surface area contributed by atoms with Crippen molar-refractivity contribution < 1.29 is 4.79 Å². The summed E-state index contributed by atoms with van der Waals surface area (Å²) in [5.74, 6) is -0.284. The van der Waals surface area contributed by atoms with Gasteiger partial charge in [-0.15, -0.1) is 0 Å². The zero-order valence-electron chi connectivity index (χ0n) is 7.05. The minimum absolute atomic E-state index is 0.284. The molecule has 1 rings (SSSR count). The van der Waals surface area contributed by atoms with Crippen LogP contribution < -0.4 is 5.32 Å². The smallest absolute Gasteiger partial charge is 0.253 e. The van der Waals surface area contributed by atoms with Crippen molar-refractivity contribution in [3.8, 4) is 0 Å². The lowest BCUT2D eigenvalue weighted by Crippen LogP contribution is -2.36. The molecule has 0 radical (unpaired) electrons. The summed E-state index contributed by atoms with van der Waals surface area (Å²) in [5.41, 5.74) is 0.537.